The number of hydrogen-bond acceptors (Lipinski definition) is 2. The van der Waals surface area contributed by atoms with Gasteiger partial charge in [-0.25, -0.2) is 0 Å². The Kier molecular flexibility index (Phi) is 7.58. The van der Waals surface area contributed by atoms with Crippen LogP contribution in [0.5, 0.6) is 0 Å². The molecule has 3 N–H and O–H groups in total. The van der Waals surface area contributed by atoms with Gasteiger partial charge in [-0.2, -0.15) is 0 Å². The third-order valence-corrected chi connectivity index (χ3v) is 4.44. The van der Waals surface area contributed by atoms with Crippen LogP contribution >= 0.6 is 24.0 Å². The standard InChI is InChI=1S/C15H29N3O.HI/c1-3-16-14(17-11-15(19)8-5-9-15)18-13-7-4-6-12(2)10-13;/h12-13,19H,3-11H2,1-2H3,(H2,16,17,18);1H. The Balaban J connectivity index is 0.00000200. The summed E-state index contributed by atoms with van der Waals surface area (Å²) in [5, 5.41) is 16.9. The fourth-order valence-corrected chi connectivity index (χ4v) is 3.05. The van der Waals surface area contributed by atoms with E-state index in [9.17, 15) is 5.11 Å². The van der Waals surface area contributed by atoms with Crippen LogP contribution in [0.1, 0.15) is 58.8 Å². The summed E-state index contributed by atoms with van der Waals surface area (Å²) in [6, 6.07) is 0.539. The smallest absolute Gasteiger partial charge is 0.191 e. The Morgan fingerprint density at radius 2 is 2.05 bits per heavy atom. The van der Waals surface area contributed by atoms with Crippen molar-refractivity contribution >= 4 is 29.9 Å². The van der Waals surface area contributed by atoms with E-state index in [1.54, 1.807) is 0 Å². The Morgan fingerprint density at radius 1 is 1.30 bits per heavy atom. The van der Waals surface area contributed by atoms with Gasteiger partial charge in [-0.3, -0.25) is 4.99 Å². The molecule has 2 aliphatic carbocycles. The minimum atomic E-state index is -0.526. The zero-order valence-electron chi connectivity index (χ0n) is 12.8. The normalized spacial score (nSPS) is 29.1. The van der Waals surface area contributed by atoms with Gasteiger partial charge in [-0.1, -0.05) is 19.8 Å². The van der Waals surface area contributed by atoms with Crippen LogP contribution in [0.3, 0.4) is 0 Å². The Hall–Kier alpha value is -0.0400. The summed E-state index contributed by atoms with van der Waals surface area (Å²) in [5.74, 6) is 1.69. The first kappa shape index (κ1) is 18.0. The summed E-state index contributed by atoms with van der Waals surface area (Å²) in [6.45, 7) is 5.81. The molecule has 0 bridgehead atoms. The number of nitrogens with one attached hydrogen (secondary N) is 2. The topological polar surface area (TPSA) is 56.7 Å². The molecule has 2 rings (SSSR count). The second-order valence-corrected chi connectivity index (χ2v) is 6.39. The van der Waals surface area contributed by atoms with Gasteiger partial charge in [0.25, 0.3) is 0 Å². The summed E-state index contributed by atoms with van der Waals surface area (Å²) in [7, 11) is 0. The molecule has 0 aromatic heterocycles. The lowest BCUT2D eigenvalue weighted by Crippen LogP contribution is -2.47. The molecule has 0 amide bonds. The van der Waals surface area contributed by atoms with Crippen molar-refractivity contribution in [3.05, 3.63) is 0 Å². The maximum absolute atomic E-state index is 10.1. The zero-order valence-corrected chi connectivity index (χ0v) is 15.2. The van der Waals surface area contributed by atoms with Gasteiger partial charge in [0, 0.05) is 12.6 Å². The zero-order chi connectivity index (χ0) is 13.7. The van der Waals surface area contributed by atoms with Crippen LogP contribution in [0.4, 0.5) is 0 Å². The van der Waals surface area contributed by atoms with E-state index in [0.29, 0.717) is 12.6 Å². The molecular weight excluding hydrogens is 365 g/mol. The van der Waals surface area contributed by atoms with E-state index in [1.165, 1.54) is 25.7 Å². The van der Waals surface area contributed by atoms with E-state index >= 15 is 0 Å². The molecule has 5 heteroatoms. The first-order valence-electron chi connectivity index (χ1n) is 7.88. The molecule has 4 nitrogen and oxygen atoms in total. The maximum Gasteiger partial charge on any atom is 0.191 e. The molecule has 0 spiro atoms. The van der Waals surface area contributed by atoms with Crippen molar-refractivity contribution in [3.8, 4) is 0 Å². The first-order chi connectivity index (χ1) is 9.11. The third kappa shape index (κ3) is 5.39. The lowest BCUT2D eigenvalue weighted by Gasteiger charge is -2.35. The van der Waals surface area contributed by atoms with Crippen LogP contribution in [0.2, 0.25) is 0 Å². The summed E-state index contributed by atoms with van der Waals surface area (Å²) < 4.78 is 0. The fourth-order valence-electron chi connectivity index (χ4n) is 3.05. The first-order valence-corrected chi connectivity index (χ1v) is 7.88. The largest absolute Gasteiger partial charge is 0.388 e. The molecule has 0 saturated heterocycles. The van der Waals surface area contributed by atoms with Crippen LogP contribution in [0.25, 0.3) is 0 Å². The van der Waals surface area contributed by atoms with Crippen LogP contribution < -0.4 is 10.6 Å². The van der Waals surface area contributed by atoms with Crippen molar-refractivity contribution in [1.82, 2.24) is 10.6 Å². The van der Waals surface area contributed by atoms with Gasteiger partial charge in [0.15, 0.2) is 5.96 Å². The summed E-state index contributed by atoms with van der Waals surface area (Å²) in [5.41, 5.74) is -0.526. The van der Waals surface area contributed by atoms with Crippen molar-refractivity contribution in [2.24, 2.45) is 10.9 Å². The van der Waals surface area contributed by atoms with Crippen molar-refractivity contribution in [3.63, 3.8) is 0 Å². The highest BCUT2D eigenvalue weighted by Crippen LogP contribution is 2.31. The highest BCUT2D eigenvalue weighted by molar-refractivity contribution is 14.0. The number of aliphatic hydroxyl groups is 1. The highest BCUT2D eigenvalue weighted by Gasteiger charge is 2.34. The van der Waals surface area contributed by atoms with Crippen LogP contribution in [0.15, 0.2) is 4.99 Å². The van der Waals surface area contributed by atoms with Crippen molar-refractivity contribution < 1.29 is 5.11 Å². The molecule has 0 aromatic carbocycles. The van der Waals surface area contributed by atoms with Gasteiger partial charge >= 0.3 is 0 Å². The van der Waals surface area contributed by atoms with Gasteiger partial charge in [-0.05, 0) is 44.9 Å². The minimum Gasteiger partial charge on any atom is -0.388 e. The lowest BCUT2D eigenvalue weighted by atomic mass is 9.80. The number of guanidine groups is 1. The average molecular weight is 395 g/mol. The number of aliphatic imine (C=N–C) groups is 1. The molecule has 0 aromatic rings. The monoisotopic (exact) mass is 395 g/mol. The van der Waals surface area contributed by atoms with Gasteiger partial charge in [0.2, 0.25) is 0 Å². The highest BCUT2D eigenvalue weighted by atomic mass is 127. The molecule has 118 valence electrons. The molecule has 20 heavy (non-hydrogen) atoms. The van der Waals surface area contributed by atoms with E-state index in [4.69, 9.17) is 0 Å². The van der Waals surface area contributed by atoms with E-state index < -0.39 is 5.60 Å². The summed E-state index contributed by atoms with van der Waals surface area (Å²) in [4.78, 5) is 4.57. The number of rotatable bonds is 4. The molecule has 2 atom stereocenters. The second kappa shape index (κ2) is 8.41. The van der Waals surface area contributed by atoms with E-state index in [0.717, 1.165) is 37.7 Å². The molecule has 0 aliphatic heterocycles. The number of hydrogen-bond donors (Lipinski definition) is 3. The minimum absolute atomic E-state index is 0. The van der Waals surface area contributed by atoms with Crippen LogP contribution in [-0.4, -0.2) is 35.8 Å². The molecule has 2 unspecified atom stereocenters. The molecule has 2 fully saturated rings. The second-order valence-electron chi connectivity index (χ2n) is 6.39. The maximum atomic E-state index is 10.1. The van der Waals surface area contributed by atoms with Gasteiger partial charge in [0.1, 0.15) is 0 Å². The Labute approximate surface area is 140 Å². The predicted molar refractivity (Wildman–Crippen MR) is 94.8 cm³/mol. The summed E-state index contributed by atoms with van der Waals surface area (Å²) >= 11 is 0. The Bertz CT molecular complexity index is 318. The molecule has 2 aliphatic rings. The van der Waals surface area contributed by atoms with E-state index in [2.05, 4.69) is 29.5 Å². The van der Waals surface area contributed by atoms with Crippen molar-refractivity contribution in [2.75, 3.05) is 13.1 Å². The predicted octanol–water partition coefficient (Wildman–Crippen LogP) is 2.65. The Morgan fingerprint density at radius 3 is 2.60 bits per heavy atom. The number of nitrogens with zero attached hydrogens (tertiary/aromatic N) is 1. The van der Waals surface area contributed by atoms with Crippen molar-refractivity contribution in [1.29, 1.82) is 0 Å². The van der Waals surface area contributed by atoms with E-state index in [-0.39, 0.29) is 24.0 Å². The molecule has 2 saturated carbocycles. The number of halogens is 1. The molecule has 0 radical (unpaired) electrons. The van der Waals surface area contributed by atoms with Gasteiger partial charge in [-0.15, -0.1) is 24.0 Å². The lowest BCUT2D eigenvalue weighted by molar-refractivity contribution is -0.0236. The van der Waals surface area contributed by atoms with E-state index in [1.807, 2.05) is 0 Å². The quantitative estimate of drug-likeness (QED) is 0.390. The van der Waals surface area contributed by atoms with Crippen LogP contribution in [-0.2, 0) is 0 Å². The van der Waals surface area contributed by atoms with Crippen molar-refractivity contribution in [2.45, 2.75) is 70.4 Å². The van der Waals surface area contributed by atoms with Gasteiger partial charge in [0.05, 0.1) is 12.1 Å². The van der Waals surface area contributed by atoms with Crippen LogP contribution in [0, 0.1) is 5.92 Å². The molecular formula is C15H30IN3O. The summed E-state index contributed by atoms with van der Waals surface area (Å²) in [6.07, 6.45) is 8.06. The SMILES string of the molecule is CCNC(=NCC1(O)CCC1)NC1CCCC(C)C1.I. The third-order valence-electron chi connectivity index (χ3n) is 4.44. The average Bonchev–Trinajstić information content (AvgIpc) is 2.34. The van der Waals surface area contributed by atoms with Gasteiger partial charge < -0.3 is 15.7 Å². The molecule has 0 heterocycles. The fraction of sp³-hybridized carbons (Fsp3) is 0.933.